The lowest BCUT2D eigenvalue weighted by Crippen LogP contribution is -2.37. The van der Waals surface area contributed by atoms with Gasteiger partial charge in [-0.3, -0.25) is 9.59 Å². The van der Waals surface area contributed by atoms with E-state index in [1.807, 2.05) is 0 Å². The number of amides is 1. The molecular weight excluding hydrogens is 250 g/mol. The minimum absolute atomic E-state index is 0.230. The second-order valence-electron chi connectivity index (χ2n) is 4.68. The number of aliphatic carboxylic acids is 1. The Balaban J connectivity index is 2.21. The molecule has 0 saturated carbocycles. The lowest BCUT2D eigenvalue weighted by atomic mass is 10.0. The number of likely N-dealkylation sites (tertiary alicyclic amines) is 1. The Kier molecular flexibility index (Phi) is 3.33. The normalized spacial score (nSPS) is 22.5. The van der Waals surface area contributed by atoms with Gasteiger partial charge in [0.05, 0.1) is 5.92 Å². The van der Waals surface area contributed by atoms with Crippen LogP contribution in [0, 0.1) is 5.92 Å². The zero-order valence-corrected chi connectivity index (χ0v) is 10.4. The fraction of sp³-hybridized carbons (Fsp3) is 0.385. The van der Waals surface area contributed by atoms with Gasteiger partial charge in [-0.1, -0.05) is 0 Å². The summed E-state index contributed by atoms with van der Waals surface area (Å²) < 4.78 is 0. The predicted molar refractivity (Wildman–Crippen MR) is 66.0 cm³/mol. The number of aromatic hydroxyl groups is 2. The van der Waals surface area contributed by atoms with Crippen molar-refractivity contribution in [2.45, 2.75) is 19.4 Å². The molecule has 0 aromatic heterocycles. The summed E-state index contributed by atoms with van der Waals surface area (Å²) in [5, 5.41) is 27.6. The quantitative estimate of drug-likeness (QED) is 0.694. The molecule has 1 amide bonds. The average molecular weight is 265 g/mol. The number of rotatable bonds is 2. The highest BCUT2D eigenvalue weighted by Crippen LogP contribution is 2.29. The lowest BCUT2D eigenvalue weighted by Gasteiger charge is -2.23. The standard InChI is InChI=1S/C13H15NO5/c1-7-9(13(18)19)4-5-14(7)12(17)8-2-3-10(15)11(16)6-8/h2-3,6-7,9,15-16H,4-5H2,1H3,(H,18,19). The van der Waals surface area contributed by atoms with Crippen LogP contribution in [-0.2, 0) is 4.79 Å². The van der Waals surface area contributed by atoms with Gasteiger partial charge in [0.25, 0.3) is 5.91 Å². The highest BCUT2D eigenvalue weighted by molar-refractivity contribution is 5.95. The molecule has 2 unspecified atom stereocenters. The molecule has 1 saturated heterocycles. The average Bonchev–Trinajstić information content (AvgIpc) is 2.74. The van der Waals surface area contributed by atoms with Gasteiger partial charge in [-0.05, 0) is 31.5 Å². The molecule has 1 aliphatic rings. The second-order valence-corrected chi connectivity index (χ2v) is 4.68. The van der Waals surface area contributed by atoms with E-state index in [9.17, 15) is 19.8 Å². The highest BCUT2D eigenvalue weighted by Gasteiger charge is 2.38. The van der Waals surface area contributed by atoms with Gasteiger partial charge in [0.15, 0.2) is 11.5 Å². The van der Waals surface area contributed by atoms with Gasteiger partial charge >= 0.3 is 5.97 Å². The fourth-order valence-electron chi connectivity index (χ4n) is 2.38. The van der Waals surface area contributed by atoms with Crippen molar-refractivity contribution < 1.29 is 24.9 Å². The van der Waals surface area contributed by atoms with Crippen LogP contribution < -0.4 is 0 Å². The van der Waals surface area contributed by atoms with Crippen LogP contribution in [0.2, 0.25) is 0 Å². The maximum atomic E-state index is 12.2. The van der Waals surface area contributed by atoms with Crippen molar-refractivity contribution in [3.8, 4) is 11.5 Å². The smallest absolute Gasteiger partial charge is 0.308 e. The van der Waals surface area contributed by atoms with Crippen molar-refractivity contribution >= 4 is 11.9 Å². The summed E-state index contributed by atoms with van der Waals surface area (Å²) in [4.78, 5) is 24.7. The van der Waals surface area contributed by atoms with Crippen molar-refractivity contribution in [2.24, 2.45) is 5.92 Å². The molecule has 0 aliphatic carbocycles. The zero-order valence-electron chi connectivity index (χ0n) is 10.4. The minimum Gasteiger partial charge on any atom is -0.504 e. The third-order valence-electron chi connectivity index (χ3n) is 3.56. The van der Waals surface area contributed by atoms with Crippen LogP contribution in [0.4, 0.5) is 0 Å². The van der Waals surface area contributed by atoms with Crippen molar-refractivity contribution in [2.75, 3.05) is 6.54 Å². The first-order valence-corrected chi connectivity index (χ1v) is 5.97. The Morgan fingerprint density at radius 1 is 1.26 bits per heavy atom. The third kappa shape index (κ3) is 2.33. The van der Waals surface area contributed by atoms with Crippen LogP contribution in [-0.4, -0.2) is 44.7 Å². The summed E-state index contributed by atoms with van der Waals surface area (Å²) in [6.45, 7) is 2.07. The Morgan fingerprint density at radius 3 is 2.47 bits per heavy atom. The van der Waals surface area contributed by atoms with Gasteiger partial charge in [0, 0.05) is 18.2 Å². The maximum Gasteiger partial charge on any atom is 0.308 e. The highest BCUT2D eigenvalue weighted by atomic mass is 16.4. The van der Waals surface area contributed by atoms with Crippen molar-refractivity contribution in [3.05, 3.63) is 23.8 Å². The SMILES string of the molecule is CC1C(C(=O)O)CCN1C(=O)c1ccc(O)c(O)c1. The van der Waals surface area contributed by atoms with E-state index in [1.165, 1.54) is 23.1 Å². The largest absolute Gasteiger partial charge is 0.504 e. The van der Waals surface area contributed by atoms with Crippen LogP contribution >= 0.6 is 0 Å². The first kappa shape index (κ1) is 13.2. The number of carbonyl (C=O) groups is 2. The van der Waals surface area contributed by atoms with E-state index < -0.39 is 11.9 Å². The summed E-state index contributed by atoms with van der Waals surface area (Å²) in [7, 11) is 0. The summed E-state index contributed by atoms with van der Waals surface area (Å²) in [6.07, 6.45) is 0.423. The molecule has 6 nitrogen and oxygen atoms in total. The summed E-state index contributed by atoms with van der Waals surface area (Å²) >= 11 is 0. The first-order chi connectivity index (χ1) is 8.91. The molecule has 19 heavy (non-hydrogen) atoms. The van der Waals surface area contributed by atoms with Gasteiger partial charge in [0.1, 0.15) is 0 Å². The second kappa shape index (κ2) is 4.79. The molecule has 1 heterocycles. The molecule has 6 heteroatoms. The topological polar surface area (TPSA) is 98.1 Å². The predicted octanol–water partition coefficient (Wildman–Crippen LogP) is 1.03. The van der Waals surface area contributed by atoms with Crippen LogP contribution in [0.25, 0.3) is 0 Å². The zero-order chi connectivity index (χ0) is 14.2. The van der Waals surface area contributed by atoms with Crippen LogP contribution in [0.1, 0.15) is 23.7 Å². The number of phenolic OH excluding ortho intramolecular Hbond substituents is 2. The van der Waals surface area contributed by atoms with E-state index in [1.54, 1.807) is 6.92 Å². The number of carboxylic acids is 1. The van der Waals surface area contributed by atoms with Crippen molar-refractivity contribution in [1.82, 2.24) is 4.90 Å². The van der Waals surface area contributed by atoms with Crippen molar-refractivity contribution in [3.63, 3.8) is 0 Å². The molecule has 2 atom stereocenters. The lowest BCUT2D eigenvalue weighted by molar-refractivity contribution is -0.142. The minimum atomic E-state index is -0.906. The number of phenols is 2. The molecule has 102 valence electrons. The van der Waals surface area contributed by atoms with E-state index in [4.69, 9.17) is 5.11 Å². The molecular formula is C13H15NO5. The number of benzene rings is 1. The van der Waals surface area contributed by atoms with Gasteiger partial charge in [-0.2, -0.15) is 0 Å². The van der Waals surface area contributed by atoms with Crippen LogP contribution in [0.15, 0.2) is 18.2 Å². The molecule has 2 rings (SSSR count). The maximum absolute atomic E-state index is 12.2. The van der Waals surface area contributed by atoms with E-state index >= 15 is 0 Å². The monoisotopic (exact) mass is 265 g/mol. The molecule has 3 N–H and O–H groups in total. The van der Waals surface area contributed by atoms with Gasteiger partial charge in [-0.25, -0.2) is 0 Å². The molecule has 0 spiro atoms. The number of hydrogen-bond donors (Lipinski definition) is 3. The van der Waals surface area contributed by atoms with Crippen LogP contribution in [0.3, 0.4) is 0 Å². The Morgan fingerprint density at radius 2 is 1.95 bits per heavy atom. The molecule has 1 aromatic rings. The van der Waals surface area contributed by atoms with Gasteiger partial charge < -0.3 is 20.2 Å². The van der Waals surface area contributed by atoms with Gasteiger partial charge in [-0.15, -0.1) is 0 Å². The van der Waals surface area contributed by atoms with Crippen molar-refractivity contribution in [1.29, 1.82) is 0 Å². The summed E-state index contributed by atoms with van der Waals surface area (Å²) in [5.41, 5.74) is 0.230. The number of nitrogens with zero attached hydrogens (tertiary/aromatic N) is 1. The van der Waals surface area contributed by atoms with Gasteiger partial charge in [0.2, 0.25) is 0 Å². The van der Waals surface area contributed by atoms with E-state index in [0.717, 1.165) is 0 Å². The first-order valence-electron chi connectivity index (χ1n) is 5.97. The van der Waals surface area contributed by atoms with E-state index in [-0.39, 0.29) is 29.0 Å². The Hall–Kier alpha value is -2.24. The summed E-state index contributed by atoms with van der Waals surface area (Å²) in [6, 6.07) is 3.43. The molecule has 1 aliphatic heterocycles. The summed E-state index contributed by atoms with van der Waals surface area (Å²) in [5.74, 6) is -2.47. The third-order valence-corrected chi connectivity index (χ3v) is 3.56. The number of carboxylic acid groups (broad SMARTS) is 1. The Bertz CT molecular complexity index is 528. The molecule has 1 aromatic carbocycles. The molecule has 1 fully saturated rings. The van der Waals surface area contributed by atoms with E-state index in [2.05, 4.69) is 0 Å². The number of hydrogen-bond acceptors (Lipinski definition) is 4. The molecule has 0 radical (unpaired) electrons. The van der Waals surface area contributed by atoms with Crippen LogP contribution in [0.5, 0.6) is 11.5 Å². The number of carbonyl (C=O) groups excluding carboxylic acids is 1. The molecule has 0 bridgehead atoms. The fourth-order valence-corrected chi connectivity index (χ4v) is 2.38. The Labute approximate surface area is 109 Å². The van der Waals surface area contributed by atoms with E-state index in [0.29, 0.717) is 13.0 Å².